The number of aromatic amines is 1. The molecular formula is C16H16ClN5. The summed E-state index contributed by atoms with van der Waals surface area (Å²) in [7, 11) is 0. The fraction of sp³-hybridized carbons (Fsp3) is 0.125. The summed E-state index contributed by atoms with van der Waals surface area (Å²) in [5, 5.41) is 11.2. The van der Waals surface area contributed by atoms with E-state index in [9.17, 15) is 0 Å². The molecule has 0 saturated heterocycles. The maximum Gasteiger partial charge on any atom is 0.181 e. The first-order valence-electron chi connectivity index (χ1n) is 6.97. The average molecular weight is 314 g/mol. The van der Waals surface area contributed by atoms with Crippen LogP contribution in [0.1, 0.15) is 5.82 Å². The first kappa shape index (κ1) is 14.4. The molecule has 0 aliphatic carbocycles. The molecule has 0 saturated carbocycles. The molecule has 3 aromatic rings. The second-order valence-electron chi connectivity index (χ2n) is 4.91. The topological polar surface area (TPSA) is 79.6 Å². The maximum absolute atomic E-state index is 5.95. The summed E-state index contributed by atoms with van der Waals surface area (Å²) in [6, 6.07) is 15.1. The summed E-state index contributed by atoms with van der Waals surface area (Å²) < 4.78 is 0. The molecule has 6 heteroatoms. The molecule has 0 fully saturated rings. The highest BCUT2D eigenvalue weighted by Crippen LogP contribution is 2.17. The summed E-state index contributed by atoms with van der Waals surface area (Å²) in [5.41, 5.74) is 8.34. The van der Waals surface area contributed by atoms with E-state index in [-0.39, 0.29) is 0 Å². The van der Waals surface area contributed by atoms with Crippen molar-refractivity contribution in [3.63, 3.8) is 0 Å². The standard InChI is InChI=1S/C16H16ClN5/c17-12-2-1-3-14(10-12)19-9-8-15-20-16(22-21-15)11-4-6-13(18)7-5-11/h1-7,10,19H,8-9,18H2,(H,20,21,22). The number of rotatable bonds is 5. The van der Waals surface area contributed by atoms with Crippen molar-refractivity contribution >= 4 is 23.0 Å². The number of nitrogens with zero attached hydrogens (tertiary/aromatic N) is 2. The zero-order valence-corrected chi connectivity index (χ0v) is 12.6. The van der Waals surface area contributed by atoms with Gasteiger partial charge in [0.25, 0.3) is 0 Å². The van der Waals surface area contributed by atoms with Crippen molar-refractivity contribution in [3.05, 3.63) is 59.4 Å². The van der Waals surface area contributed by atoms with Crippen LogP contribution in [-0.2, 0) is 6.42 Å². The molecule has 0 amide bonds. The fourth-order valence-electron chi connectivity index (χ4n) is 2.09. The molecule has 0 bridgehead atoms. The van der Waals surface area contributed by atoms with Gasteiger partial charge in [-0.1, -0.05) is 17.7 Å². The molecule has 5 nitrogen and oxygen atoms in total. The minimum Gasteiger partial charge on any atom is -0.399 e. The lowest BCUT2D eigenvalue weighted by molar-refractivity contribution is 0.901. The van der Waals surface area contributed by atoms with Crippen LogP contribution < -0.4 is 11.1 Å². The minimum atomic E-state index is 0.678. The molecule has 22 heavy (non-hydrogen) atoms. The van der Waals surface area contributed by atoms with E-state index >= 15 is 0 Å². The summed E-state index contributed by atoms with van der Waals surface area (Å²) >= 11 is 5.95. The van der Waals surface area contributed by atoms with Crippen LogP contribution in [0, 0.1) is 0 Å². The number of hydrogen-bond donors (Lipinski definition) is 3. The molecule has 2 aromatic carbocycles. The van der Waals surface area contributed by atoms with Gasteiger partial charge in [-0.05, 0) is 42.5 Å². The van der Waals surface area contributed by atoms with E-state index in [1.807, 2.05) is 48.5 Å². The third-order valence-corrected chi connectivity index (χ3v) is 3.45. The highest BCUT2D eigenvalue weighted by atomic mass is 35.5. The summed E-state index contributed by atoms with van der Waals surface area (Å²) in [5.74, 6) is 1.51. The van der Waals surface area contributed by atoms with Crippen LogP contribution in [-0.4, -0.2) is 21.7 Å². The quantitative estimate of drug-likeness (QED) is 0.631. The van der Waals surface area contributed by atoms with Crippen molar-refractivity contribution < 1.29 is 0 Å². The molecule has 1 heterocycles. The third-order valence-electron chi connectivity index (χ3n) is 3.22. The van der Waals surface area contributed by atoms with Gasteiger partial charge in [-0.2, -0.15) is 5.10 Å². The van der Waals surface area contributed by atoms with Gasteiger partial charge in [0.05, 0.1) is 0 Å². The number of anilines is 2. The Balaban J connectivity index is 1.59. The summed E-state index contributed by atoms with van der Waals surface area (Å²) in [6.07, 6.45) is 0.745. The van der Waals surface area contributed by atoms with Crippen LogP contribution in [0.4, 0.5) is 11.4 Å². The number of nitrogens with two attached hydrogens (primary N) is 1. The van der Waals surface area contributed by atoms with Crippen LogP contribution in [0.5, 0.6) is 0 Å². The van der Waals surface area contributed by atoms with Gasteiger partial charge < -0.3 is 11.1 Å². The molecule has 4 N–H and O–H groups in total. The number of aromatic nitrogens is 3. The van der Waals surface area contributed by atoms with Gasteiger partial charge in [0.1, 0.15) is 5.82 Å². The molecule has 0 unspecified atom stereocenters. The van der Waals surface area contributed by atoms with Gasteiger partial charge in [-0.15, -0.1) is 0 Å². The lowest BCUT2D eigenvalue weighted by Crippen LogP contribution is -2.05. The number of hydrogen-bond acceptors (Lipinski definition) is 4. The SMILES string of the molecule is Nc1ccc(-c2n[nH]c(CCNc3cccc(Cl)c3)n2)cc1. The lowest BCUT2D eigenvalue weighted by Gasteiger charge is -2.04. The second-order valence-corrected chi connectivity index (χ2v) is 5.35. The van der Waals surface area contributed by atoms with E-state index in [1.54, 1.807) is 0 Å². The van der Waals surface area contributed by atoms with Gasteiger partial charge in [-0.25, -0.2) is 4.98 Å². The highest BCUT2D eigenvalue weighted by molar-refractivity contribution is 6.30. The van der Waals surface area contributed by atoms with E-state index in [0.717, 1.165) is 40.8 Å². The van der Waals surface area contributed by atoms with Crippen LogP contribution in [0.15, 0.2) is 48.5 Å². The smallest absolute Gasteiger partial charge is 0.181 e. The Morgan fingerprint density at radius 1 is 1.14 bits per heavy atom. The number of benzene rings is 2. The van der Waals surface area contributed by atoms with Crippen LogP contribution in [0.25, 0.3) is 11.4 Å². The largest absolute Gasteiger partial charge is 0.399 e. The number of nitrogens with one attached hydrogen (secondary N) is 2. The summed E-state index contributed by atoms with van der Waals surface area (Å²) in [6.45, 7) is 0.747. The molecule has 0 atom stereocenters. The van der Waals surface area contributed by atoms with Gasteiger partial charge in [-0.3, -0.25) is 5.10 Å². The van der Waals surface area contributed by atoms with Crippen LogP contribution in [0.2, 0.25) is 5.02 Å². The summed E-state index contributed by atoms with van der Waals surface area (Å²) in [4.78, 5) is 4.49. The van der Waals surface area contributed by atoms with Gasteiger partial charge >= 0.3 is 0 Å². The Morgan fingerprint density at radius 3 is 2.73 bits per heavy atom. The zero-order valence-electron chi connectivity index (χ0n) is 11.9. The van der Waals surface area contributed by atoms with Crippen LogP contribution >= 0.6 is 11.6 Å². The fourth-order valence-corrected chi connectivity index (χ4v) is 2.28. The second kappa shape index (κ2) is 6.49. The molecule has 0 aliphatic rings. The number of halogens is 1. The van der Waals surface area contributed by atoms with Gasteiger partial charge in [0, 0.05) is 34.9 Å². The minimum absolute atomic E-state index is 0.678. The molecule has 3 rings (SSSR count). The monoisotopic (exact) mass is 313 g/mol. The Kier molecular flexibility index (Phi) is 4.25. The molecule has 0 aliphatic heterocycles. The Labute approximate surface area is 133 Å². The molecular weight excluding hydrogens is 298 g/mol. The van der Waals surface area contributed by atoms with Crippen molar-refractivity contribution in [3.8, 4) is 11.4 Å². The zero-order chi connectivity index (χ0) is 15.4. The van der Waals surface area contributed by atoms with E-state index < -0.39 is 0 Å². The van der Waals surface area contributed by atoms with Crippen molar-refractivity contribution in [2.24, 2.45) is 0 Å². The van der Waals surface area contributed by atoms with Crippen molar-refractivity contribution in [1.82, 2.24) is 15.2 Å². The molecule has 0 radical (unpaired) electrons. The normalized spacial score (nSPS) is 10.6. The van der Waals surface area contributed by atoms with Crippen molar-refractivity contribution in [2.45, 2.75) is 6.42 Å². The highest BCUT2D eigenvalue weighted by Gasteiger charge is 2.05. The molecule has 1 aromatic heterocycles. The first-order valence-corrected chi connectivity index (χ1v) is 7.35. The van der Waals surface area contributed by atoms with Gasteiger partial charge in [0.15, 0.2) is 5.82 Å². The molecule has 0 spiro atoms. The first-order chi connectivity index (χ1) is 10.7. The lowest BCUT2D eigenvalue weighted by atomic mass is 10.2. The maximum atomic E-state index is 5.95. The molecule has 112 valence electrons. The number of nitrogen functional groups attached to an aromatic ring is 1. The van der Waals surface area contributed by atoms with Crippen molar-refractivity contribution in [1.29, 1.82) is 0 Å². The van der Waals surface area contributed by atoms with E-state index in [0.29, 0.717) is 5.82 Å². The van der Waals surface area contributed by atoms with E-state index in [4.69, 9.17) is 17.3 Å². The average Bonchev–Trinajstić information content (AvgIpc) is 2.97. The Hall–Kier alpha value is -2.53. The van der Waals surface area contributed by atoms with Crippen molar-refractivity contribution in [2.75, 3.05) is 17.6 Å². The predicted octanol–water partition coefficient (Wildman–Crippen LogP) is 3.36. The van der Waals surface area contributed by atoms with E-state index in [1.165, 1.54) is 0 Å². The Morgan fingerprint density at radius 2 is 1.95 bits per heavy atom. The third kappa shape index (κ3) is 3.56. The number of H-pyrrole nitrogens is 1. The predicted molar refractivity (Wildman–Crippen MR) is 89.9 cm³/mol. The van der Waals surface area contributed by atoms with E-state index in [2.05, 4.69) is 20.5 Å². The van der Waals surface area contributed by atoms with Gasteiger partial charge in [0.2, 0.25) is 0 Å². The Bertz CT molecular complexity index is 751. The van der Waals surface area contributed by atoms with Crippen LogP contribution in [0.3, 0.4) is 0 Å².